The summed E-state index contributed by atoms with van der Waals surface area (Å²) in [5, 5.41) is 9.38. The number of hydrogen-bond acceptors (Lipinski definition) is 2. The van der Waals surface area contributed by atoms with Crippen molar-refractivity contribution in [3.05, 3.63) is 52.7 Å². The largest absolute Gasteiger partial charge is 0.395 e. The van der Waals surface area contributed by atoms with E-state index in [1.165, 1.54) is 0 Å². The van der Waals surface area contributed by atoms with Gasteiger partial charge in [0.15, 0.2) is 0 Å². The molecule has 0 aliphatic rings. The molecule has 1 heterocycles. The number of aliphatic hydroxyl groups is 1. The Labute approximate surface area is 119 Å². The molecule has 2 rings (SSSR count). The molecule has 0 aliphatic heterocycles. The van der Waals surface area contributed by atoms with Crippen LogP contribution < -0.4 is 5.69 Å². The number of benzene rings is 1. The molecule has 4 heteroatoms. The predicted molar refractivity (Wildman–Crippen MR) is 80.5 cm³/mol. The minimum atomic E-state index is -0.270. The standard InChI is InChI=1S/C16H22N2O2/c1-12(2)17-9-10-18(15(17)20)14-7-5-13(6-8-14)16(3,4)11-19/h5-10,12,19H,11H2,1-4H3. The van der Waals surface area contributed by atoms with Crippen LogP contribution in [0.25, 0.3) is 5.69 Å². The van der Waals surface area contributed by atoms with Gasteiger partial charge in [-0.05, 0) is 31.5 Å². The molecule has 0 amide bonds. The van der Waals surface area contributed by atoms with Gasteiger partial charge in [-0.25, -0.2) is 4.79 Å². The second-order valence-corrected chi connectivity index (χ2v) is 6.04. The van der Waals surface area contributed by atoms with E-state index in [0.717, 1.165) is 11.3 Å². The lowest BCUT2D eigenvalue weighted by Gasteiger charge is -2.22. The summed E-state index contributed by atoms with van der Waals surface area (Å²) in [4.78, 5) is 12.2. The van der Waals surface area contributed by atoms with Gasteiger partial charge in [0.05, 0.1) is 12.3 Å². The molecule has 2 aromatic rings. The van der Waals surface area contributed by atoms with Gasteiger partial charge in [-0.2, -0.15) is 0 Å². The van der Waals surface area contributed by atoms with Crippen LogP contribution >= 0.6 is 0 Å². The van der Waals surface area contributed by atoms with Crippen LogP contribution in [0.2, 0.25) is 0 Å². The first-order valence-electron chi connectivity index (χ1n) is 6.88. The zero-order chi connectivity index (χ0) is 14.9. The minimum absolute atomic E-state index is 0.0332. The molecule has 1 aromatic heterocycles. The fourth-order valence-electron chi connectivity index (χ4n) is 2.14. The molecule has 108 valence electrons. The molecule has 0 saturated heterocycles. The maximum absolute atomic E-state index is 12.2. The number of imidazole rings is 1. The van der Waals surface area contributed by atoms with Crippen molar-refractivity contribution >= 4 is 0 Å². The fourth-order valence-corrected chi connectivity index (χ4v) is 2.14. The molecule has 0 bridgehead atoms. The van der Waals surface area contributed by atoms with Crippen LogP contribution in [0.3, 0.4) is 0 Å². The van der Waals surface area contributed by atoms with Crippen LogP contribution in [0, 0.1) is 0 Å². The van der Waals surface area contributed by atoms with E-state index in [2.05, 4.69) is 0 Å². The van der Waals surface area contributed by atoms with Gasteiger partial charge in [0, 0.05) is 23.9 Å². The van der Waals surface area contributed by atoms with Crippen molar-refractivity contribution < 1.29 is 5.11 Å². The lowest BCUT2D eigenvalue weighted by Crippen LogP contribution is -2.24. The van der Waals surface area contributed by atoms with Crippen LogP contribution in [-0.2, 0) is 5.41 Å². The van der Waals surface area contributed by atoms with E-state index in [1.807, 2.05) is 52.0 Å². The van der Waals surface area contributed by atoms with Gasteiger partial charge in [0.1, 0.15) is 0 Å². The molecule has 0 aliphatic carbocycles. The van der Waals surface area contributed by atoms with Gasteiger partial charge in [0.2, 0.25) is 0 Å². The molecular weight excluding hydrogens is 252 g/mol. The summed E-state index contributed by atoms with van der Waals surface area (Å²) >= 11 is 0. The number of rotatable bonds is 4. The van der Waals surface area contributed by atoms with Crippen LogP contribution in [0.15, 0.2) is 41.5 Å². The third-order valence-electron chi connectivity index (χ3n) is 3.68. The van der Waals surface area contributed by atoms with Crippen LogP contribution in [0.4, 0.5) is 0 Å². The van der Waals surface area contributed by atoms with Crippen LogP contribution in [-0.4, -0.2) is 20.8 Å². The summed E-state index contributed by atoms with van der Waals surface area (Å²) in [6.45, 7) is 8.04. The number of hydrogen-bond donors (Lipinski definition) is 1. The number of aliphatic hydroxyl groups excluding tert-OH is 1. The Balaban J connectivity index is 2.39. The fraction of sp³-hybridized carbons (Fsp3) is 0.438. The van der Waals surface area contributed by atoms with Gasteiger partial charge in [-0.15, -0.1) is 0 Å². The van der Waals surface area contributed by atoms with Crippen molar-refractivity contribution in [1.29, 1.82) is 0 Å². The number of aromatic nitrogens is 2. The quantitative estimate of drug-likeness (QED) is 0.931. The summed E-state index contributed by atoms with van der Waals surface area (Å²) in [7, 11) is 0. The van der Waals surface area contributed by atoms with Crippen molar-refractivity contribution in [2.24, 2.45) is 0 Å². The lowest BCUT2D eigenvalue weighted by molar-refractivity contribution is 0.218. The van der Waals surface area contributed by atoms with Crippen molar-refractivity contribution in [3.8, 4) is 5.69 Å². The SMILES string of the molecule is CC(C)n1ccn(-c2ccc(C(C)(C)CO)cc2)c1=O. The molecule has 0 radical (unpaired) electrons. The Morgan fingerprint density at radius 2 is 1.75 bits per heavy atom. The highest BCUT2D eigenvalue weighted by Crippen LogP contribution is 2.23. The Hall–Kier alpha value is -1.81. The van der Waals surface area contributed by atoms with E-state index < -0.39 is 0 Å². The van der Waals surface area contributed by atoms with Gasteiger partial charge in [-0.3, -0.25) is 9.13 Å². The normalized spacial score (nSPS) is 12.1. The first kappa shape index (κ1) is 14.6. The Bertz CT molecular complexity index is 633. The molecule has 4 nitrogen and oxygen atoms in total. The van der Waals surface area contributed by atoms with E-state index in [9.17, 15) is 9.90 Å². The van der Waals surface area contributed by atoms with Crippen LogP contribution in [0.5, 0.6) is 0 Å². The molecule has 0 fully saturated rings. The minimum Gasteiger partial charge on any atom is -0.395 e. The third kappa shape index (κ3) is 2.56. The maximum atomic E-state index is 12.2. The Morgan fingerprint density at radius 3 is 2.20 bits per heavy atom. The first-order valence-corrected chi connectivity index (χ1v) is 6.88. The zero-order valence-electron chi connectivity index (χ0n) is 12.5. The maximum Gasteiger partial charge on any atom is 0.332 e. The van der Waals surface area contributed by atoms with Gasteiger partial charge in [0.25, 0.3) is 0 Å². The molecule has 0 atom stereocenters. The average molecular weight is 274 g/mol. The molecule has 1 aromatic carbocycles. The topological polar surface area (TPSA) is 47.2 Å². The van der Waals surface area contributed by atoms with Crippen LogP contribution in [0.1, 0.15) is 39.3 Å². The Morgan fingerprint density at radius 1 is 1.15 bits per heavy atom. The summed E-state index contributed by atoms with van der Waals surface area (Å²) < 4.78 is 3.33. The molecule has 0 unspecified atom stereocenters. The van der Waals surface area contributed by atoms with E-state index in [1.54, 1.807) is 21.5 Å². The van der Waals surface area contributed by atoms with Gasteiger partial charge in [-0.1, -0.05) is 26.0 Å². The van der Waals surface area contributed by atoms with Gasteiger partial charge < -0.3 is 5.11 Å². The monoisotopic (exact) mass is 274 g/mol. The van der Waals surface area contributed by atoms with Crippen molar-refractivity contribution in [3.63, 3.8) is 0 Å². The van der Waals surface area contributed by atoms with E-state index in [-0.39, 0.29) is 23.8 Å². The van der Waals surface area contributed by atoms with E-state index >= 15 is 0 Å². The van der Waals surface area contributed by atoms with E-state index in [4.69, 9.17) is 0 Å². The smallest absolute Gasteiger partial charge is 0.332 e. The second-order valence-electron chi connectivity index (χ2n) is 6.04. The van der Waals surface area contributed by atoms with E-state index in [0.29, 0.717) is 0 Å². The van der Waals surface area contributed by atoms with Crippen molar-refractivity contribution in [2.45, 2.75) is 39.2 Å². The molecule has 0 saturated carbocycles. The summed E-state index contributed by atoms with van der Waals surface area (Å²) in [6.07, 6.45) is 3.59. The molecule has 0 spiro atoms. The van der Waals surface area contributed by atoms with Crippen molar-refractivity contribution in [1.82, 2.24) is 9.13 Å². The lowest BCUT2D eigenvalue weighted by atomic mass is 9.85. The average Bonchev–Trinajstić information content (AvgIpc) is 2.81. The Kier molecular flexibility index (Phi) is 3.86. The summed E-state index contributed by atoms with van der Waals surface area (Å²) in [5.74, 6) is 0. The highest BCUT2D eigenvalue weighted by atomic mass is 16.3. The highest BCUT2D eigenvalue weighted by molar-refractivity contribution is 5.37. The summed E-state index contributed by atoms with van der Waals surface area (Å²) in [6, 6.07) is 7.91. The third-order valence-corrected chi connectivity index (χ3v) is 3.68. The second kappa shape index (κ2) is 5.29. The molecular formula is C16H22N2O2. The predicted octanol–water partition coefficient (Wildman–Crippen LogP) is 2.49. The highest BCUT2D eigenvalue weighted by Gasteiger charge is 2.19. The van der Waals surface area contributed by atoms with Gasteiger partial charge >= 0.3 is 5.69 Å². The van der Waals surface area contributed by atoms with Crippen molar-refractivity contribution in [2.75, 3.05) is 6.61 Å². The first-order chi connectivity index (χ1) is 9.36. The number of nitrogens with zero attached hydrogens (tertiary/aromatic N) is 2. The summed E-state index contributed by atoms with van der Waals surface area (Å²) in [5.41, 5.74) is 1.59. The zero-order valence-corrected chi connectivity index (χ0v) is 12.5. The molecule has 20 heavy (non-hydrogen) atoms. The molecule has 1 N–H and O–H groups in total.